The van der Waals surface area contributed by atoms with E-state index in [9.17, 15) is 19.5 Å². The van der Waals surface area contributed by atoms with Gasteiger partial charge in [0.2, 0.25) is 5.91 Å². The number of amides is 1. The fraction of sp³-hybridized carbons (Fsp3) is 0.750. The van der Waals surface area contributed by atoms with E-state index in [1.807, 2.05) is 0 Å². The fourth-order valence-electron chi connectivity index (χ4n) is 2.64. The van der Waals surface area contributed by atoms with Crippen molar-refractivity contribution in [2.75, 3.05) is 18.1 Å². The van der Waals surface area contributed by atoms with Crippen LogP contribution in [0.2, 0.25) is 0 Å². The van der Waals surface area contributed by atoms with Crippen LogP contribution in [0.1, 0.15) is 19.8 Å². The second-order valence-electron chi connectivity index (χ2n) is 5.12. The molecule has 7 heteroatoms. The summed E-state index contributed by atoms with van der Waals surface area (Å²) < 4.78 is -0.685. The molecule has 3 atom stereocenters. The largest absolute Gasteiger partial charge is 0.480 e. The first-order valence-corrected chi connectivity index (χ1v) is 7.84. The lowest BCUT2D eigenvalue weighted by Crippen LogP contribution is -2.44. The number of carbonyl (C=O) groups is 3. The summed E-state index contributed by atoms with van der Waals surface area (Å²) in [6.07, 6.45) is 0.706. The Bertz CT molecular complexity index is 428. The number of aliphatic carboxylic acids is 1. The fourth-order valence-corrected chi connectivity index (χ4v) is 4.24. The number of hydrogen-bond donors (Lipinski definition) is 2. The molecule has 0 radical (unpaired) electrons. The van der Waals surface area contributed by atoms with Gasteiger partial charge in [0.1, 0.15) is 6.04 Å². The number of ketones is 1. The van der Waals surface area contributed by atoms with Crippen LogP contribution in [0.3, 0.4) is 0 Å². The van der Waals surface area contributed by atoms with E-state index in [0.29, 0.717) is 12.2 Å². The van der Waals surface area contributed by atoms with Gasteiger partial charge >= 0.3 is 5.97 Å². The van der Waals surface area contributed by atoms with Gasteiger partial charge < -0.3 is 10.0 Å². The zero-order valence-corrected chi connectivity index (χ0v) is 12.4. The molecule has 5 nitrogen and oxygen atoms in total. The number of carboxylic acids is 1. The lowest BCUT2D eigenvalue weighted by molar-refractivity contribution is -0.149. The first-order chi connectivity index (χ1) is 8.91. The number of rotatable bonds is 3. The summed E-state index contributed by atoms with van der Waals surface area (Å²) in [6, 6.07) is -0.885. The summed E-state index contributed by atoms with van der Waals surface area (Å²) in [5.74, 6) is -0.415. The van der Waals surface area contributed by atoms with Gasteiger partial charge in [0.25, 0.3) is 0 Å². The van der Waals surface area contributed by atoms with Crippen LogP contribution in [0, 0.1) is 5.92 Å². The number of likely N-dealkylation sites (tertiary alicyclic amines) is 1. The average Bonchev–Trinajstić information content (AvgIpc) is 2.93. The minimum Gasteiger partial charge on any atom is -0.480 e. The number of thiol groups is 1. The van der Waals surface area contributed by atoms with Crippen LogP contribution in [0.4, 0.5) is 0 Å². The molecular weight excluding hydrogens is 286 g/mol. The molecule has 2 aliphatic heterocycles. The number of carboxylic acid groups (broad SMARTS) is 1. The van der Waals surface area contributed by atoms with Crippen molar-refractivity contribution in [1.82, 2.24) is 4.90 Å². The number of nitrogens with zero attached hydrogens (tertiary/aromatic N) is 1. The molecule has 1 amide bonds. The van der Waals surface area contributed by atoms with Crippen molar-refractivity contribution in [1.29, 1.82) is 0 Å². The SMILES string of the molecule is CC(CS)C(=O)N1CC2(CC1C(=O)O)SCCC2=O. The third kappa shape index (κ3) is 2.50. The minimum atomic E-state index is -1.03. The van der Waals surface area contributed by atoms with Crippen LogP contribution in [0.5, 0.6) is 0 Å². The highest BCUT2D eigenvalue weighted by Crippen LogP contribution is 2.45. The molecule has 0 bridgehead atoms. The third-order valence-electron chi connectivity index (χ3n) is 3.80. The Balaban J connectivity index is 2.24. The molecule has 2 aliphatic rings. The molecule has 2 heterocycles. The second kappa shape index (κ2) is 5.36. The van der Waals surface area contributed by atoms with Crippen LogP contribution >= 0.6 is 24.4 Å². The Kier molecular flexibility index (Phi) is 4.15. The number of carbonyl (C=O) groups excluding carboxylic acids is 2. The zero-order valence-electron chi connectivity index (χ0n) is 10.7. The van der Waals surface area contributed by atoms with E-state index in [1.54, 1.807) is 6.92 Å². The molecule has 0 aromatic heterocycles. The molecule has 0 aliphatic carbocycles. The molecule has 19 heavy (non-hydrogen) atoms. The number of hydrogen-bond acceptors (Lipinski definition) is 5. The highest BCUT2D eigenvalue weighted by Gasteiger charge is 2.55. The van der Waals surface area contributed by atoms with E-state index in [1.165, 1.54) is 16.7 Å². The van der Waals surface area contributed by atoms with Crippen molar-refractivity contribution in [2.45, 2.75) is 30.6 Å². The van der Waals surface area contributed by atoms with Gasteiger partial charge in [-0.05, 0) is 0 Å². The van der Waals surface area contributed by atoms with Gasteiger partial charge in [-0.1, -0.05) is 6.92 Å². The summed E-state index contributed by atoms with van der Waals surface area (Å²) in [5.41, 5.74) is 0. The Labute approximate surface area is 121 Å². The molecule has 2 rings (SSSR count). The van der Waals surface area contributed by atoms with Crippen molar-refractivity contribution < 1.29 is 19.5 Å². The van der Waals surface area contributed by atoms with Gasteiger partial charge in [0, 0.05) is 36.8 Å². The highest BCUT2D eigenvalue weighted by molar-refractivity contribution is 8.02. The Morgan fingerprint density at radius 1 is 1.63 bits per heavy atom. The maximum absolute atomic E-state index is 12.2. The summed E-state index contributed by atoms with van der Waals surface area (Å²) in [5, 5.41) is 9.28. The molecule has 0 saturated carbocycles. The summed E-state index contributed by atoms with van der Waals surface area (Å²) in [7, 11) is 0. The molecule has 0 aromatic rings. The van der Waals surface area contributed by atoms with Gasteiger partial charge in [-0.2, -0.15) is 12.6 Å². The molecule has 1 N–H and O–H groups in total. The van der Waals surface area contributed by atoms with Crippen molar-refractivity contribution >= 4 is 42.1 Å². The Morgan fingerprint density at radius 3 is 2.79 bits per heavy atom. The van der Waals surface area contributed by atoms with Gasteiger partial charge in [-0.25, -0.2) is 4.79 Å². The lowest BCUT2D eigenvalue weighted by Gasteiger charge is -2.25. The number of thioether (sulfide) groups is 1. The van der Waals surface area contributed by atoms with Gasteiger partial charge in [-0.3, -0.25) is 9.59 Å². The van der Waals surface area contributed by atoms with Gasteiger partial charge in [-0.15, -0.1) is 11.8 Å². The van der Waals surface area contributed by atoms with Crippen LogP contribution in [0.25, 0.3) is 0 Å². The first kappa shape index (κ1) is 14.7. The van der Waals surface area contributed by atoms with E-state index >= 15 is 0 Å². The summed E-state index contributed by atoms with van der Waals surface area (Å²) in [4.78, 5) is 36.9. The highest BCUT2D eigenvalue weighted by atomic mass is 32.2. The quantitative estimate of drug-likeness (QED) is 0.750. The second-order valence-corrected chi connectivity index (χ2v) is 6.97. The van der Waals surface area contributed by atoms with Crippen LogP contribution in [-0.2, 0) is 14.4 Å². The van der Waals surface area contributed by atoms with Crippen molar-refractivity contribution in [3.05, 3.63) is 0 Å². The van der Waals surface area contributed by atoms with Crippen molar-refractivity contribution in [3.8, 4) is 0 Å². The predicted octanol–water partition coefficient (Wildman–Crippen LogP) is 0.683. The summed E-state index contributed by atoms with van der Waals surface area (Å²) in [6.45, 7) is 1.95. The molecule has 0 aromatic carbocycles. The Hall–Kier alpha value is -0.690. The van der Waals surface area contributed by atoms with Crippen molar-refractivity contribution in [3.63, 3.8) is 0 Å². The van der Waals surface area contributed by atoms with Crippen LogP contribution in [-0.4, -0.2) is 56.5 Å². The minimum absolute atomic E-state index is 0.0811. The van der Waals surface area contributed by atoms with E-state index < -0.39 is 16.8 Å². The maximum atomic E-state index is 12.2. The number of Topliss-reactive ketones (excluding diaryl/α,β-unsaturated/α-hetero) is 1. The monoisotopic (exact) mass is 303 g/mol. The standard InChI is InChI=1S/C12H17NO4S2/c1-7(5-18)10(15)13-6-12(4-8(13)11(16)17)9(14)2-3-19-12/h7-8,18H,2-6H2,1H3,(H,16,17). The average molecular weight is 303 g/mol. The van der Waals surface area contributed by atoms with Crippen LogP contribution in [0.15, 0.2) is 0 Å². The zero-order chi connectivity index (χ0) is 14.2. The van der Waals surface area contributed by atoms with Gasteiger partial charge in [0.05, 0.1) is 4.75 Å². The normalized spacial score (nSPS) is 32.0. The van der Waals surface area contributed by atoms with Gasteiger partial charge in [0.15, 0.2) is 5.78 Å². The predicted molar refractivity (Wildman–Crippen MR) is 75.6 cm³/mol. The van der Waals surface area contributed by atoms with E-state index in [4.69, 9.17) is 0 Å². The molecule has 3 unspecified atom stereocenters. The maximum Gasteiger partial charge on any atom is 0.326 e. The Morgan fingerprint density at radius 2 is 2.32 bits per heavy atom. The van der Waals surface area contributed by atoms with E-state index in [2.05, 4.69) is 12.6 Å². The lowest BCUT2D eigenvalue weighted by atomic mass is 9.98. The smallest absolute Gasteiger partial charge is 0.326 e. The summed E-state index contributed by atoms with van der Waals surface area (Å²) >= 11 is 5.58. The van der Waals surface area contributed by atoms with E-state index in [-0.39, 0.29) is 30.6 Å². The van der Waals surface area contributed by atoms with E-state index in [0.717, 1.165) is 5.75 Å². The topological polar surface area (TPSA) is 74.7 Å². The van der Waals surface area contributed by atoms with Crippen molar-refractivity contribution in [2.24, 2.45) is 5.92 Å². The molecule has 1 spiro atoms. The molecule has 2 fully saturated rings. The van der Waals surface area contributed by atoms with Crippen LogP contribution < -0.4 is 0 Å². The molecular formula is C12H17NO4S2. The first-order valence-electron chi connectivity index (χ1n) is 6.22. The third-order valence-corrected chi connectivity index (χ3v) is 5.84. The molecule has 106 valence electrons. The molecule has 2 saturated heterocycles.